The number of nitrogens with zero attached hydrogens (tertiary/aromatic N) is 3. The van der Waals surface area contributed by atoms with Crippen molar-refractivity contribution in [3.63, 3.8) is 0 Å². The van der Waals surface area contributed by atoms with Crippen molar-refractivity contribution in [2.75, 3.05) is 26.2 Å². The first-order valence-electron chi connectivity index (χ1n) is 10.3. The number of para-hydroxylation sites is 1. The van der Waals surface area contributed by atoms with Gasteiger partial charge in [-0.15, -0.1) is 0 Å². The molecule has 2 atom stereocenters. The van der Waals surface area contributed by atoms with Crippen molar-refractivity contribution in [1.82, 2.24) is 14.4 Å². The number of hydrogen-bond donors (Lipinski definition) is 0. The van der Waals surface area contributed by atoms with Gasteiger partial charge in [0, 0.05) is 49.9 Å². The Kier molecular flexibility index (Phi) is 4.27. The highest BCUT2D eigenvalue weighted by Gasteiger charge is 2.38. The van der Waals surface area contributed by atoms with E-state index in [1.807, 2.05) is 28.8 Å². The van der Waals surface area contributed by atoms with E-state index in [2.05, 4.69) is 9.80 Å². The lowest BCUT2D eigenvalue weighted by Crippen LogP contribution is -2.45. The number of carbonyl (C=O) groups excluding carboxylic acids is 1. The van der Waals surface area contributed by atoms with E-state index in [0.29, 0.717) is 23.9 Å². The molecule has 3 saturated heterocycles. The van der Waals surface area contributed by atoms with Gasteiger partial charge in [-0.2, -0.15) is 0 Å². The third kappa shape index (κ3) is 3.41. The normalized spacial score (nSPS) is 25.7. The summed E-state index contributed by atoms with van der Waals surface area (Å²) in [5.74, 6) is 1.69. The molecule has 27 heavy (non-hydrogen) atoms. The molecule has 1 saturated carbocycles. The molecule has 1 aromatic carbocycles. The molecule has 5 heteroatoms. The number of aromatic nitrogens is 1. The first kappa shape index (κ1) is 17.0. The Morgan fingerprint density at radius 1 is 1.00 bits per heavy atom. The van der Waals surface area contributed by atoms with Crippen LogP contribution in [-0.2, 0) is 11.3 Å². The van der Waals surface area contributed by atoms with Crippen molar-refractivity contribution in [3.05, 3.63) is 46.8 Å². The number of amides is 1. The predicted molar refractivity (Wildman–Crippen MR) is 106 cm³/mol. The lowest BCUT2D eigenvalue weighted by Gasteiger charge is -2.36. The average Bonchev–Trinajstić information content (AvgIpc) is 3.52. The van der Waals surface area contributed by atoms with Crippen molar-refractivity contribution >= 4 is 16.8 Å². The Morgan fingerprint density at radius 3 is 2.70 bits per heavy atom. The fourth-order valence-corrected chi connectivity index (χ4v) is 4.88. The van der Waals surface area contributed by atoms with Crippen LogP contribution in [0.15, 0.2) is 41.3 Å². The fourth-order valence-electron chi connectivity index (χ4n) is 4.88. The summed E-state index contributed by atoms with van der Waals surface area (Å²) in [6.45, 7) is 4.44. The lowest BCUT2D eigenvalue weighted by molar-refractivity contribution is -0.132. The summed E-state index contributed by atoms with van der Waals surface area (Å²) < 4.78 is 1.92. The minimum Gasteiger partial charge on any atom is -0.339 e. The Bertz CT molecular complexity index is 917. The Labute approximate surface area is 159 Å². The summed E-state index contributed by atoms with van der Waals surface area (Å²) in [5, 5.41) is 0.680. The van der Waals surface area contributed by atoms with Gasteiger partial charge < -0.3 is 9.47 Å². The maximum Gasteiger partial charge on any atom is 0.242 e. The van der Waals surface area contributed by atoms with Crippen LogP contribution in [-0.4, -0.2) is 52.5 Å². The van der Waals surface area contributed by atoms with Crippen molar-refractivity contribution in [2.24, 2.45) is 11.8 Å². The smallest absolute Gasteiger partial charge is 0.242 e. The molecule has 3 aliphatic heterocycles. The third-order valence-electron chi connectivity index (χ3n) is 6.56. The molecule has 4 heterocycles. The number of fused-ring (bicyclic) bond motifs is 5. The first-order valence-corrected chi connectivity index (χ1v) is 10.3. The first-order chi connectivity index (χ1) is 13.2. The molecule has 2 bridgehead atoms. The van der Waals surface area contributed by atoms with Crippen LogP contribution < -0.4 is 5.43 Å². The van der Waals surface area contributed by atoms with Gasteiger partial charge in [0.1, 0.15) is 6.54 Å². The number of hydrogen-bond acceptors (Lipinski definition) is 3. The van der Waals surface area contributed by atoms with E-state index in [0.717, 1.165) is 31.1 Å². The molecule has 0 spiro atoms. The molecule has 1 amide bonds. The van der Waals surface area contributed by atoms with Gasteiger partial charge >= 0.3 is 0 Å². The largest absolute Gasteiger partial charge is 0.339 e. The lowest BCUT2D eigenvalue weighted by atomic mass is 9.95. The molecule has 2 aromatic rings. The fraction of sp³-hybridized carbons (Fsp3) is 0.545. The topological polar surface area (TPSA) is 45.6 Å². The van der Waals surface area contributed by atoms with Crippen molar-refractivity contribution < 1.29 is 4.79 Å². The Morgan fingerprint density at radius 2 is 1.85 bits per heavy atom. The third-order valence-corrected chi connectivity index (χ3v) is 6.56. The molecular weight excluding hydrogens is 338 g/mol. The maximum absolute atomic E-state index is 13.1. The zero-order chi connectivity index (χ0) is 18.4. The van der Waals surface area contributed by atoms with Crippen LogP contribution in [0, 0.1) is 11.8 Å². The zero-order valence-electron chi connectivity index (χ0n) is 15.7. The van der Waals surface area contributed by atoms with Crippen LogP contribution in [0.5, 0.6) is 0 Å². The Balaban J connectivity index is 1.34. The molecule has 0 N–H and O–H groups in total. The van der Waals surface area contributed by atoms with Gasteiger partial charge in [0.15, 0.2) is 5.43 Å². The van der Waals surface area contributed by atoms with Gasteiger partial charge in [0.2, 0.25) is 5.91 Å². The summed E-state index contributed by atoms with van der Waals surface area (Å²) >= 11 is 0. The molecule has 0 radical (unpaired) electrons. The second-order valence-corrected chi connectivity index (χ2v) is 8.62. The van der Waals surface area contributed by atoms with E-state index in [1.165, 1.54) is 32.2 Å². The number of rotatable bonds is 4. The van der Waals surface area contributed by atoms with Crippen LogP contribution in [0.1, 0.15) is 25.7 Å². The highest BCUT2D eigenvalue weighted by molar-refractivity contribution is 5.82. The second-order valence-electron chi connectivity index (χ2n) is 8.62. The molecule has 0 unspecified atom stereocenters. The van der Waals surface area contributed by atoms with Crippen LogP contribution in [0.25, 0.3) is 10.9 Å². The van der Waals surface area contributed by atoms with E-state index in [1.54, 1.807) is 12.3 Å². The zero-order valence-corrected chi connectivity index (χ0v) is 15.7. The summed E-state index contributed by atoms with van der Waals surface area (Å²) in [5.41, 5.74) is 0.851. The monoisotopic (exact) mass is 365 g/mol. The number of piperidine rings is 1. The summed E-state index contributed by atoms with van der Waals surface area (Å²) in [7, 11) is 0. The van der Waals surface area contributed by atoms with Gasteiger partial charge in [-0.05, 0) is 49.7 Å². The van der Waals surface area contributed by atoms with E-state index >= 15 is 0 Å². The second kappa shape index (κ2) is 6.79. The quantitative estimate of drug-likeness (QED) is 0.835. The van der Waals surface area contributed by atoms with Crippen molar-refractivity contribution in [1.29, 1.82) is 0 Å². The predicted octanol–water partition coefficient (Wildman–Crippen LogP) is 2.33. The van der Waals surface area contributed by atoms with Crippen LogP contribution in [0.3, 0.4) is 0 Å². The molecule has 1 aliphatic carbocycles. The van der Waals surface area contributed by atoms with Crippen molar-refractivity contribution in [2.45, 2.75) is 38.3 Å². The summed E-state index contributed by atoms with van der Waals surface area (Å²) in [4.78, 5) is 29.9. The van der Waals surface area contributed by atoms with E-state index in [4.69, 9.17) is 0 Å². The molecular formula is C22H27N3O2. The SMILES string of the molecule is O=C(Cn1ccc(=O)c2ccccc21)N1C[C@@H]2CC[C@H](C1)N(CC1CC1)C2. The van der Waals surface area contributed by atoms with Crippen LogP contribution in [0.2, 0.25) is 0 Å². The van der Waals surface area contributed by atoms with Gasteiger partial charge in [0.25, 0.3) is 0 Å². The minimum atomic E-state index is 0.0119. The molecule has 142 valence electrons. The van der Waals surface area contributed by atoms with Crippen LogP contribution in [0.4, 0.5) is 0 Å². The van der Waals surface area contributed by atoms with E-state index in [-0.39, 0.29) is 11.3 Å². The van der Waals surface area contributed by atoms with Gasteiger partial charge in [-0.3, -0.25) is 14.5 Å². The van der Waals surface area contributed by atoms with Crippen LogP contribution >= 0.6 is 0 Å². The van der Waals surface area contributed by atoms with E-state index < -0.39 is 0 Å². The standard InChI is InChI=1S/C22H27N3O2/c26-21-9-10-23(20-4-2-1-3-19(20)21)15-22(27)25-13-17-7-8-18(14-25)24(12-17)11-16-5-6-16/h1-4,9-10,16-18H,5-8,11-15H2/t17-,18-/m1/s1. The molecule has 4 aliphatic rings. The molecule has 6 rings (SSSR count). The maximum atomic E-state index is 13.1. The summed E-state index contributed by atoms with van der Waals surface area (Å²) in [6.07, 6.45) is 7.00. The van der Waals surface area contributed by atoms with E-state index in [9.17, 15) is 9.59 Å². The van der Waals surface area contributed by atoms with Gasteiger partial charge in [-0.1, -0.05) is 12.1 Å². The number of pyridine rings is 1. The molecule has 4 fully saturated rings. The average molecular weight is 365 g/mol. The minimum absolute atomic E-state index is 0.0119. The highest BCUT2D eigenvalue weighted by atomic mass is 16.2. The number of benzene rings is 1. The Hall–Kier alpha value is -2.14. The highest BCUT2D eigenvalue weighted by Crippen LogP contribution is 2.34. The van der Waals surface area contributed by atoms with Crippen molar-refractivity contribution in [3.8, 4) is 0 Å². The molecule has 5 nitrogen and oxygen atoms in total. The van der Waals surface area contributed by atoms with Gasteiger partial charge in [-0.25, -0.2) is 0 Å². The van der Waals surface area contributed by atoms with Gasteiger partial charge in [0.05, 0.1) is 5.52 Å². The number of carbonyl (C=O) groups is 1. The summed E-state index contributed by atoms with van der Waals surface area (Å²) in [6, 6.07) is 9.65. The molecule has 1 aromatic heterocycles.